The first-order valence-corrected chi connectivity index (χ1v) is 9.49. The fourth-order valence-electron chi connectivity index (χ4n) is 3.40. The second-order valence-electron chi connectivity index (χ2n) is 6.80. The van der Waals surface area contributed by atoms with Crippen molar-refractivity contribution in [1.29, 1.82) is 0 Å². The minimum absolute atomic E-state index is 0.00537. The predicted molar refractivity (Wildman–Crippen MR) is 108 cm³/mol. The average molecular weight is 429 g/mol. The first-order chi connectivity index (χ1) is 14.4. The zero-order chi connectivity index (χ0) is 21.3. The molecule has 0 saturated carbocycles. The number of halogens is 1. The molecule has 3 aromatic rings. The van der Waals surface area contributed by atoms with E-state index in [0.29, 0.717) is 21.6 Å². The van der Waals surface area contributed by atoms with Crippen LogP contribution in [0.25, 0.3) is 11.0 Å². The van der Waals surface area contributed by atoms with Crippen molar-refractivity contribution in [3.8, 4) is 5.75 Å². The number of hydrogen-bond acceptors (Lipinski definition) is 6. The molecule has 1 aliphatic rings. The lowest BCUT2D eigenvalue weighted by Crippen LogP contribution is -2.32. The van der Waals surface area contributed by atoms with Gasteiger partial charge in [-0.1, -0.05) is 35.9 Å². The highest BCUT2D eigenvalue weighted by atomic mass is 35.5. The van der Waals surface area contributed by atoms with Crippen molar-refractivity contribution >= 4 is 28.5 Å². The molecule has 2 heterocycles. The molecule has 154 valence electrons. The van der Waals surface area contributed by atoms with Crippen molar-refractivity contribution in [2.45, 2.75) is 12.4 Å². The largest absolute Gasteiger partial charge is 0.508 e. The van der Waals surface area contributed by atoms with Gasteiger partial charge in [-0.2, -0.15) is 0 Å². The maximum Gasteiger partial charge on any atom is 0.327 e. The quantitative estimate of drug-likeness (QED) is 0.600. The highest BCUT2D eigenvalue weighted by Crippen LogP contribution is 2.41. The van der Waals surface area contributed by atoms with Crippen LogP contribution in [-0.2, 0) is 14.3 Å². The summed E-state index contributed by atoms with van der Waals surface area (Å²) in [6.45, 7) is 0.0699. The van der Waals surface area contributed by atoms with Crippen LogP contribution in [0.1, 0.15) is 23.5 Å². The SMILES string of the molecule is O=C(O)C=C[C@@H]1COC(c2coc3ccc(Cl)cc3c2=O)O[C@@H]1c1ccccc1O. The van der Waals surface area contributed by atoms with Gasteiger partial charge in [0.05, 0.1) is 23.7 Å². The number of carboxylic acid groups (broad SMARTS) is 1. The zero-order valence-corrected chi connectivity index (χ0v) is 16.3. The van der Waals surface area contributed by atoms with E-state index in [1.807, 2.05) is 0 Å². The third-order valence-corrected chi connectivity index (χ3v) is 5.08. The Bertz CT molecular complexity index is 1180. The number of rotatable bonds is 4. The summed E-state index contributed by atoms with van der Waals surface area (Å²) < 4.78 is 17.3. The summed E-state index contributed by atoms with van der Waals surface area (Å²) in [5.74, 6) is -1.61. The Morgan fingerprint density at radius 2 is 1.97 bits per heavy atom. The smallest absolute Gasteiger partial charge is 0.327 e. The van der Waals surface area contributed by atoms with Crippen molar-refractivity contribution in [3.05, 3.63) is 87.3 Å². The lowest BCUT2D eigenvalue weighted by Gasteiger charge is -2.35. The summed E-state index contributed by atoms with van der Waals surface area (Å²) in [6, 6.07) is 11.3. The molecule has 8 heteroatoms. The van der Waals surface area contributed by atoms with Gasteiger partial charge in [-0.3, -0.25) is 4.79 Å². The van der Waals surface area contributed by atoms with Gasteiger partial charge in [-0.25, -0.2) is 4.79 Å². The first kappa shape index (κ1) is 20.2. The van der Waals surface area contributed by atoms with E-state index < -0.39 is 24.3 Å². The summed E-state index contributed by atoms with van der Waals surface area (Å²) >= 11 is 6.00. The minimum Gasteiger partial charge on any atom is -0.508 e. The molecule has 1 unspecified atom stereocenters. The van der Waals surface area contributed by atoms with Gasteiger partial charge >= 0.3 is 5.97 Å². The fourth-order valence-corrected chi connectivity index (χ4v) is 3.57. The van der Waals surface area contributed by atoms with E-state index in [2.05, 4.69) is 0 Å². The van der Waals surface area contributed by atoms with Crippen LogP contribution in [0.4, 0.5) is 0 Å². The second kappa shape index (κ2) is 8.31. The molecule has 3 atom stereocenters. The van der Waals surface area contributed by atoms with Gasteiger partial charge in [0.25, 0.3) is 0 Å². The van der Waals surface area contributed by atoms with Crippen molar-refractivity contribution < 1.29 is 28.9 Å². The van der Waals surface area contributed by atoms with Gasteiger partial charge in [0.1, 0.15) is 17.6 Å². The lowest BCUT2D eigenvalue weighted by atomic mass is 9.93. The van der Waals surface area contributed by atoms with Gasteiger partial charge in [0, 0.05) is 22.6 Å². The molecule has 0 radical (unpaired) electrons. The summed E-state index contributed by atoms with van der Waals surface area (Å²) in [5, 5.41) is 19.9. The number of ether oxygens (including phenoxy) is 2. The number of aliphatic carboxylic acids is 1. The Morgan fingerprint density at radius 1 is 1.17 bits per heavy atom. The van der Waals surface area contributed by atoms with Crippen molar-refractivity contribution in [2.75, 3.05) is 6.61 Å². The number of benzene rings is 2. The molecule has 4 rings (SSSR count). The maximum absolute atomic E-state index is 13.0. The Morgan fingerprint density at radius 3 is 2.73 bits per heavy atom. The number of fused-ring (bicyclic) bond motifs is 1. The van der Waals surface area contributed by atoms with Crippen LogP contribution >= 0.6 is 11.6 Å². The first-order valence-electron chi connectivity index (χ1n) is 9.11. The van der Waals surface area contributed by atoms with Crippen LogP contribution < -0.4 is 5.43 Å². The number of carbonyl (C=O) groups is 1. The number of hydrogen-bond donors (Lipinski definition) is 2. The van der Waals surface area contributed by atoms with Crippen LogP contribution in [0.3, 0.4) is 0 Å². The maximum atomic E-state index is 13.0. The summed E-state index contributed by atoms with van der Waals surface area (Å²) in [6.07, 6.45) is 1.91. The van der Waals surface area contributed by atoms with Crippen molar-refractivity contribution in [3.63, 3.8) is 0 Å². The molecule has 0 amide bonds. The monoisotopic (exact) mass is 428 g/mol. The van der Waals surface area contributed by atoms with Gasteiger partial charge < -0.3 is 24.1 Å². The summed E-state index contributed by atoms with van der Waals surface area (Å²) in [7, 11) is 0. The lowest BCUT2D eigenvalue weighted by molar-refractivity contribution is -0.237. The molecule has 0 spiro atoms. The molecular formula is C22H17ClO7. The van der Waals surface area contributed by atoms with Crippen LogP contribution in [0, 0.1) is 5.92 Å². The Balaban J connectivity index is 1.73. The zero-order valence-electron chi connectivity index (χ0n) is 15.5. The third-order valence-electron chi connectivity index (χ3n) is 4.84. The highest BCUT2D eigenvalue weighted by molar-refractivity contribution is 6.31. The number of aromatic hydroxyl groups is 1. The van der Waals surface area contributed by atoms with E-state index in [0.717, 1.165) is 6.08 Å². The molecule has 2 N–H and O–H groups in total. The third kappa shape index (κ3) is 3.95. The van der Waals surface area contributed by atoms with E-state index in [4.69, 9.17) is 30.6 Å². The van der Waals surface area contributed by atoms with Crippen LogP contribution in [0.2, 0.25) is 5.02 Å². The Labute approximate surface area is 175 Å². The van der Waals surface area contributed by atoms with Crippen LogP contribution in [-0.4, -0.2) is 22.8 Å². The van der Waals surface area contributed by atoms with E-state index in [-0.39, 0.29) is 23.3 Å². The second-order valence-corrected chi connectivity index (χ2v) is 7.24. The highest BCUT2D eigenvalue weighted by Gasteiger charge is 2.35. The molecule has 1 aromatic heterocycles. The van der Waals surface area contributed by atoms with E-state index in [1.54, 1.807) is 30.3 Å². The summed E-state index contributed by atoms with van der Waals surface area (Å²) in [5.41, 5.74) is 0.632. The average Bonchev–Trinajstić information content (AvgIpc) is 2.73. The predicted octanol–water partition coefficient (Wildman–Crippen LogP) is 4.20. The molecule has 2 aromatic carbocycles. The van der Waals surface area contributed by atoms with Crippen LogP contribution in [0.15, 0.2) is 70.1 Å². The van der Waals surface area contributed by atoms with E-state index in [9.17, 15) is 14.7 Å². The van der Waals surface area contributed by atoms with E-state index >= 15 is 0 Å². The number of carboxylic acids is 1. The molecule has 1 fully saturated rings. The van der Waals surface area contributed by atoms with E-state index in [1.165, 1.54) is 24.5 Å². The van der Waals surface area contributed by atoms with Crippen LogP contribution in [0.5, 0.6) is 5.75 Å². The minimum atomic E-state index is -1.11. The van der Waals surface area contributed by atoms with Crippen molar-refractivity contribution in [2.24, 2.45) is 5.92 Å². The van der Waals surface area contributed by atoms with Gasteiger partial charge in [0.2, 0.25) is 5.43 Å². The molecule has 0 bridgehead atoms. The number of para-hydroxylation sites is 1. The molecule has 7 nitrogen and oxygen atoms in total. The normalized spacial score (nSPS) is 21.8. The fraction of sp³-hybridized carbons (Fsp3) is 0.182. The van der Waals surface area contributed by atoms with Gasteiger partial charge in [-0.05, 0) is 24.3 Å². The van der Waals surface area contributed by atoms with Crippen molar-refractivity contribution in [1.82, 2.24) is 0 Å². The number of phenolic OH excluding ortho intramolecular Hbond substituents is 1. The molecular weight excluding hydrogens is 412 g/mol. The standard InChI is InChI=1S/C22H17ClO7/c23-13-6-7-18-15(9-13)20(27)16(11-28-18)22-29-10-12(5-8-19(25)26)21(30-22)14-3-1-2-4-17(14)24/h1-9,11-12,21-22,24H,10H2,(H,25,26)/t12-,21+,22?/m1/s1. The number of phenols is 1. The van der Waals surface area contributed by atoms with Gasteiger partial charge in [-0.15, -0.1) is 0 Å². The molecule has 30 heavy (non-hydrogen) atoms. The topological polar surface area (TPSA) is 106 Å². The van der Waals surface area contributed by atoms with Gasteiger partial charge in [0.15, 0.2) is 6.29 Å². The Kier molecular flexibility index (Phi) is 5.59. The molecule has 0 aliphatic carbocycles. The Hall–Kier alpha value is -3.13. The summed E-state index contributed by atoms with van der Waals surface area (Å²) in [4.78, 5) is 23.9. The molecule has 1 saturated heterocycles. The molecule has 1 aliphatic heterocycles.